The molecule has 382 valence electrons. The zero-order valence-corrected chi connectivity index (χ0v) is 40.5. The molecule has 65 heavy (non-hydrogen) atoms. The van der Waals surface area contributed by atoms with E-state index in [1.807, 2.05) is 0 Å². The molecule has 2 heterocycles. The fraction of sp³-hybridized carbons (Fsp3) is 0.902. The molecule has 2 saturated heterocycles. The summed E-state index contributed by atoms with van der Waals surface area (Å²) in [6, 6.07) is 0. The van der Waals surface area contributed by atoms with E-state index in [0.29, 0.717) is 13.0 Å². The van der Waals surface area contributed by atoms with E-state index in [0.717, 1.165) is 57.8 Å². The number of allylic oxidation sites excluding steroid dienone is 4. The molecule has 0 radical (unpaired) electrons. The maximum absolute atomic E-state index is 13.0. The smallest absolute Gasteiger partial charge is 0.306 e. The quantitative estimate of drug-likeness (QED) is 0.0179. The largest absolute Gasteiger partial charge is 0.457 e. The molecule has 2 fully saturated rings. The lowest BCUT2D eigenvalue weighted by atomic mass is 9.98. The van der Waals surface area contributed by atoms with Gasteiger partial charge in [0.05, 0.1) is 26.4 Å². The summed E-state index contributed by atoms with van der Waals surface area (Å²) in [6.07, 6.45) is 25.3. The van der Waals surface area contributed by atoms with Crippen LogP contribution in [0.25, 0.3) is 0 Å². The molecule has 14 heteroatoms. The predicted octanol–water partition coefficient (Wildman–Crippen LogP) is 7.63. The van der Waals surface area contributed by atoms with Gasteiger partial charge in [-0.2, -0.15) is 0 Å². The number of hydrogen-bond donors (Lipinski definition) is 7. The van der Waals surface area contributed by atoms with Gasteiger partial charge in [0.15, 0.2) is 12.6 Å². The third kappa shape index (κ3) is 27.3. The molecule has 2 rings (SSSR count). The van der Waals surface area contributed by atoms with E-state index >= 15 is 0 Å². The Hall–Kier alpha value is -1.53. The topological polar surface area (TPSA) is 214 Å². The van der Waals surface area contributed by atoms with Gasteiger partial charge in [0.1, 0.15) is 54.9 Å². The van der Waals surface area contributed by atoms with Crippen LogP contribution >= 0.6 is 0 Å². The monoisotopic (exact) mass is 931 g/mol. The number of hydrogen-bond acceptors (Lipinski definition) is 14. The van der Waals surface area contributed by atoms with Crippen LogP contribution in [0.15, 0.2) is 24.3 Å². The highest BCUT2D eigenvalue weighted by Crippen LogP contribution is 2.26. The molecule has 0 aromatic carbocycles. The van der Waals surface area contributed by atoms with Gasteiger partial charge in [-0.1, -0.05) is 154 Å². The first-order valence-corrected chi connectivity index (χ1v) is 25.9. The van der Waals surface area contributed by atoms with Gasteiger partial charge in [-0.3, -0.25) is 4.79 Å². The van der Waals surface area contributed by atoms with Crippen molar-refractivity contribution in [2.45, 2.75) is 261 Å². The van der Waals surface area contributed by atoms with Gasteiger partial charge in [0, 0.05) is 13.0 Å². The molecular weight excluding hydrogens is 837 g/mol. The Labute approximate surface area is 392 Å². The molecule has 7 N–H and O–H groups in total. The van der Waals surface area contributed by atoms with E-state index in [4.69, 9.17) is 28.4 Å². The van der Waals surface area contributed by atoms with E-state index in [2.05, 4.69) is 38.2 Å². The summed E-state index contributed by atoms with van der Waals surface area (Å²) in [7, 11) is 0. The molecule has 0 saturated carbocycles. The lowest BCUT2D eigenvalue weighted by Gasteiger charge is -2.42. The molecule has 2 aliphatic rings. The number of unbranched alkanes of at least 4 members (excludes halogenated alkanes) is 23. The molecule has 0 aliphatic carbocycles. The zero-order chi connectivity index (χ0) is 47.3. The maximum atomic E-state index is 13.0. The summed E-state index contributed by atoms with van der Waals surface area (Å²) in [4.78, 5) is 13.0. The second-order valence-corrected chi connectivity index (χ2v) is 18.3. The molecule has 11 unspecified atom stereocenters. The van der Waals surface area contributed by atoms with E-state index in [1.165, 1.54) is 109 Å². The minimum absolute atomic E-state index is 0.0596. The summed E-state index contributed by atoms with van der Waals surface area (Å²) in [5.41, 5.74) is 0. The average molecular weight is 931 g/mol. The first-order chi connectivity index (χ1) is 31.6. The van der Waals surface area contributed by atoms with Gasteiger partial charge < -0.3 is 64.2 Å². The fourth-order valence-corrected chi connectivity index (χ4v) is 8.14. The molecule has 0 amide bonds. The number of aliphatic hydroxyl groups excluding tert-OH is 7. The Balaban J connectivity index is 1.73. The number of aliphatic hydroxyl groups is 7. The minimum atomic E-state index is -1.71. The van der Waals surface area contributed by atoms with Crippen molar-refractivity contribution in [1.82, 2.24) is 0 Å². The van der Waals surface area contributed by atoms with Crippen molar-refractivity contribution in [3.63, 3.8) is 0 Å². The number of carbonyl (C=O) groups is 1. The normalized spacial score (nSPS) is 26.7. The zero-order valence-electron chi connectivity index (χ0n) is 40.5. The predicted molar refractivity (Wildman–Crippen MR) is 252 cm³/mol. The van der Waals surface area contributed by atoms with E-state index in [-0.39, 0.29) is 25.6 Å². The number of carbonyl (C=O) groups excluding carboxylic acids is 1. The molecule has 0 spiro atoms. The first kappa shape index (κ1) is 59.6. The number of rotatable bonds is 41. The van der Waals surface area contributed by atoms with E-state index in [1.54, 1.807) is 0 Å². The summed E-state index contributed by atoms with van der Waals surface area (Å²) in [5.74, 6) is -0.386. The lowest BCUT2D eigenvalue weighted by molar-refractivity contribution is -0.332. The summed E-state index contributed by atoms with van der Waals surface area (Å²) < 4.78 is 34.2. The van der Waals surface area contributed by atoms with Gasteiger partial charge in [-0.05, 0) is 57.8 Å². The van der Waals surface area contributed by atoms with Crippen LogP contribution in [0, 0.1) is 0 Å². The second-order valence-electron chi connectivity index (χ2n) is 18.3. The maximum Gasteiger partial charge on any atom is 0.306 e. The lowest BCUT2D eigenvalue weighted by Crippen LogP contribution is -2.61. The molecule has 11 atom stereocenters. The van der Waals surface area contributed by atoms with Crippen molar-refractivity contribution in [3.8, 4) is 0 Å². The van der Waals surface area contributed by atoms with Crippen molar-refractivity contribution >= 4 is 5.97 Å². The molecular formula is C51H94O14. The fourth-order valence-electron chi connectivity index (χ4n) is 8.14. The Bertz CT molecular complexity index is 1170. The third-order valence-electron chi connectivity index (χ3n) is 12.4. The Morgan fingerprint density at radius 3 is 1.45 bits per heavy atom. The standard InChI is InChI=1S/C51H94O14/c1-3-5-7-9-11-13-15-16-17-18-19-20-21-22-23-25-27-29-31-33-35-60-37-40(63-43(53)34-32-30-28-26-24-14-12-10-8-6-4-2)38-61-50-49(59)47(57)45(55)42(65-50)39-62-51-48(58)46(56)44(54)41(36-52)64-51/h10,12,16-17,40-42,44-52,54-59H,3-9,11,13-15,18-39H2,1-2H3/b12-10-,17-16-. The van der Waals surface area contributed by atoms with Crippen LogP contribution in [0.4, 0.5) is 0 Å². The third-order valence-corrected chi connectivity index (χ3v) is 12.4. The van der Waals surface area contributed by atoms with Crippen molar-refractivity contribution in [2.75, 3.05) is 33.0 Å². The van der Waals surface area contributed by atoms with Crippen molar-refractivity contribution in [1.29, 1.82) is 0 Å². The molecule has 2 aliphatic heterocycles. The van der Waals surface area contributed by atoms with Crippen LogP contribution in [-0.4, -0.2) is 142 Å². The summed E-state index contributed by atoms with van der Waals surface area (Å²) in [5, 5.41) is 72.1. The van der Waals surface area contributed by atoms with Gasteiger partial charge >= 0.3 is 5.97 Å². The van der Waals surface area contributed by atoms with Crippen LogP contribution in [0.2, 0.25) is 0 Å². The summed E-state index contributed by atoms with van der Waals surface area (Å²) in [6.45, 7) is 3.64. The van der Waals surface area contributed by atoms with Crippen molar-refractivity contribution < 1.29 is 69.0 Å². The summed E-state index contributed by atoms with van der Waals surface area (Å²) >= 11 is 0. The molecule has 0 aromatic heterocycles. The highest BCUT2D eigenvalue weighted by molar-refractivity contribution is 5.69. The highest BCUT2D eigenvalue weighted by atomic mass is 16.7. The SMILES string of the molecule is CCCC/C=C\CCCCCCCC(=O)OC(COCCCCCCCCCCCC/C=C\CCCCCCCC)COC1OC(COC2OC(CO)C(O)C(O)C2O)C(O)C(O)C1O. The number of esters is 1. The average Bonchev–Trinajstić information content (AvgIpc) is 3.30. The second kappa shape index (κ2) is 39.3. The van der Waals surface area contributed by atoms with Gasteiger partial charge in [0.25, 0.3) is 0 Å². The Morgan fingerprint density at radius 2 is 0.923 bits per heavy atom. The van der Waals surface area contributed by atoms with Crippen LogP contribution in [0.5, 0.6) is 0 Å². The van der Waals surface area contributed by atoms with E-state index in [9.17, 15) is 40.5 Å². The van der Waals surface area contributed by atoms with E-state index < -0.39 is 80.7 Å². The molecule has 0 aromatic rings. The molecule has 0 bridgehead atoms. The van der Waals surface area contributed by atoms with Crippen molar-refractivity contribution in [3.05, 3.63) is 24.3 Å². The Kier molecular flexibility index (Phi) is 36.1. The number of ether oxygens (including phenoxy) is 6. The Morgan fingerprint density at radius 1 is 0.492 bits per heavy atom. The molecule has 14 nitrogen and oxygen atoms in total. The van der Waals surface area contributed by atoms with Gasteiger partial charge in [0.2, 0.25) is 0 Å². The van der Waals surface area contributed by atoms with Crippen LogP contribution in [-0.2, 0) is 33.2 Å². The van der Waals surface area contributed by atoms with Crippen LogP contribution in [0.3, 0.4) is 0 Å². The van der Waals surface area contributed by atoms with Crippen LogP contribution in [0.1, 0.15) is 194 Å². The van der Waals surface area contributed by atoms with Crippen molar-refractivity contribution in [2.24, 2.45) is 0 Å². The highest BCUT2D eigenvalue weighted by Gasteiger charge is 2.47. The van der Waals surface area contributed by atoms with Gasteiger partial charge in [-0.15, -0.1) is 0 Å². The first-order valence-electron chi connectivity index (χ1n) is 25.9. The van der Waals surface area contributed by atoms with Crippen LogP contribution < -0.4 is 0 Å². The van der Waals surface area contributed by atoms with Gasteiger partial charge in [-0.25, -0.2) is 0 Å². The minimum Gasteiger partial charge on any atom is -0.457 e.